The number of nitrogens with one attached hydrogen (secondary N) is 2. The molecule has 2 amide bonds. The van der Waals surface area contributed by atoms with Crippen molar-refractivity contribution in [1.29, 1.82) is 0 Å². The fourth-order valence-electron chi connectivity index (χ4n) is 3.16. The lowest BCUT2D eigenvalue weighted by molar-refractivity contribution is -0.137. The number of nitrogens with zero attached hydrogens (tertiary/aromatic N) is 2. The minimum Gasteiger partial charge on any atom is -0.287 e. The van der Waals surface area contributed by atoms with Crippen LogP contribution in [0.25, 0.3) is 5.69 Å². The predicted molar refractivity (Wildman–Crippen MR) is 110 cm³/mol. The van der Waals surface area contributed by atoms with Crippen molar-refractivity contribution >= 4 is 11.8 Å². The van der Waals surface area contributed by atoms with Crippen LogP contribution in [-0.2, 0) is 6.18 Å². The summed E-state index contributed by atoms with van der Waals surface area (Å²) in [6.07, 6.45) is -4.67. The van der Waals surface area contributed by atoms with Crippen molar-refractivity contribution in [2.75, 3.05) is 0 Å². The third-order valence-electron chi connectivity index (χ3n) is 4.68. The van der Waals surface area contributed by atoms with Crippen LogP contribution < -0.4 is 16.3 Å². The van der Waals surface area contributed by atoms with Crippen LogP contribution in [0.15, 0.2) is 53.3 Å². The zero-order chi connectivity index (χ0) is 23.6. The normalized spacial score (nSPS) is 11.2. The number of benzene rings is 2. The number of amides is 2. The Morgan fingerprint density at radius 2 is 1.59 bits per heavy atom. The van der Waals surface area contributed by atoms with Crippen LogP contribution in [0.5, 0.6) is 0 Å². The van der Waals surface area contributed by atoms with Crippen LogP contribution in [-0.4, -0.2) is 21.6 Å². The van der Waals surface area contributed by atoms with E-state index >= 15 is 0 Å². The number of carbonyl (C=O) groups is 2. The molecule has 0 fully saturated rings. The van der Waals surface area contributed by atoms with Gasteiger partial charge in [-0.25, -0.2) is 4.68 Å². The molecule has 0 radical (unpaired) electrons. The quantitative estimate of drug-likeness (QED) is 0.607. The van der Waals surface area contributed by atoms with Gasteiger partial charge in [-0.15, -0.1) is 0 Å². The van der Waals surface area contributed by atoms with Gasteiger partial charge in [0.2, 0.25) is 5.43 Å². The molecule has 0 bridgehead atoms. The van der Waals surface area contributed by atoms with E-state index in [1.165, 1.54) is 25.1 Å². The monoisotopic (exact) mass is 444 g/mol. The van der Waals surface area contributed by atoms with Gasteiger partial charge in [0.1, 0.15) is 0 Å². The Kier molecular flexibility index (Phi) is 6.15. The maximum Gasteiger partial charge on any atom is 0.418 e. The highest BCUT2D eigenvalue weighted by Gasteiger charge is 2.34. The van der Waals surface area contributed by atoms with Crippen molar-refractivity contribution in [2.45, 2.75) is 26.9 Å². The number of hydrogen-bond acceptors (Lipinski definition) is 4. The summed E-state index contributed by atoms with van der Waals surface area (Å²) in [6, 6.07) is 10.7. The molecular formula is C22H19F3N4O3. The average Bonchev–Trinajstić information content (AvgIpc) is 2.71. The van der Waals surface area contributed by atoms with Crippen LogP contribution in [0, 0.1) is 20.8 Å². The molecule has 1 aromatic heterocycles. The molecule has 0 aliphatic rings. The second kappa shape index (κ2) is 8.66. The maximum absolute atomic E-state index is 13.4. The van der Waals surface area contributed by atoms with E-state index in [-0.39, 0.29) is 11.4 Å². The second-order valence-corrected chi connectivity index (χ2v) is 7.15. The summed E-state index contributed by atoms with van der Waals surface area (Å²) in [7, 11) is 0. The van der Waals surface area contributed by atoms with E-state index in [1.54, 1.807) is 25.1 Å². The minimum atomic E-state index is -4.67. The number of halogens is 3. The first-order valence-corrected chi connectivity index (χ1v) is 9.44. The van der Waals surface area contributed by atoms with Crippen LogP contribution in [0.3, 0.4) is 0 Å². The van der Waals surface area contributed by atoms with Gasteiger partial charge in [0.25, 0.3) is 11.8 Å². The van der Waals surface area contributed by atoms with E-state index < -0.39 is 34.7 Å². The fraction of sp³-hybridized carbons (Fsp3) is 0.182. The van der Waals surface area contributed by atoms with E-state index in [1.807, 2.05) is 6.92 Å². The van der Waals surface area contributed by atoms with Crippen molar-refractivity contribution in [3.05, 3.63) is 92.4 Å². The molecule has 10 heteroatoms. The molecule has 1 heterocycles. The van der Waals surface area contributed by atoms with Gasteiger partial charge in [-0.3, -0.25) is 25.2 Å². The zero-order valence-corrected chi connectivity index (χ0v) is 17.4. The Morgan fingerprint density at radius 3 is 2.25 bits per heavy atom. The lowest BCUT2D eigenvalue weighted by Crippen LogP contribution is -2.44. The van der Waals surface area contributed by atoms with Crippen molar-refractivity contribution in [2.24, 2.45) is 0 Å². The Hall–Kier alpha value is -3.95. The fourth-order valence-corrected chi connectivity index (χ4v) is 3.16. The molecule has 0 aliphatic carbocycles. The first kappa shape index (κ1) is 22.7. The van der Waals surface area contributed by atoms with Crippen molar-refractivity contribution in [3.63, 3.8) is 0 Å². The van der Waals surface area contributed by atoms with E-state index in [0.29, 0.717) is 11.1 Å². The highest BCUT2D eigenvalue weighted by Crippen LogP contribution is 2.33. The second-order valence-electron chi connectivity index (χ2n) is 7.15. The molecule has 3 rings (SSSR count). The number of aromatic nitrogens is 2. The van der Waals surface area contributed by atoms with Gasteiger partial charge < -0.3 is 0 Å². The molecule has 3 aromatic rings. The van der Waals surface area contributed by atoms with Crippen molar-refractivity contribution in [1.82, 2.24) is 20.6 Å². The SMILES string of the molecule is Cc1ccc(C(=O)NNC(=O)c2nn(-c3ccccc3C(F)(F)F)c(C)cc2=O)c(C)c1. The van der Waals surface area contributed by atoms with Crippen molar-refractivity contribution < 1.29 is 22.8 Å². The van der Waals surface area contributed by atoms with Gasteiger partial charge in [-0.1, -0.05) is 29.8 Å². The topological polar surface area (TPSA) is 93.1 Å². The Labute approximate surface area is 180 Å². The predicted octanol–water partition coefficient (Wildman–Crippen LogP) is 3.25. The molecule has 0 spiro atoms. The van der Waals surface area contributed by atoms with Gasteiger partial charge >= 0.3 is 6.18 Å². The summed E-state index contributed by atoms with van der Waals surface area (Å²) in [5.74, 6) is -1.68. The molecule has 0 saturated carbocycles. The lowest BCUT2D eigenvalue weighted by Gasteiger charge is -2.16. The summed E-state index contributed by atoms with van der Waals surface area (Å²) >= 11 is 0. The van der Waals surface area contributed by atoms with E-state index in [0.717, 1.165) is 22.4 Å². The molecule has 32 heavy (non-hydrogen) atoms. The number of aryl methyl sites for hydroxylation is 3. The van der Waals surface area contributed by atoms with Gasteiger partial charge in [0.15, 0.2) is 5.69 Å². The van der Waals surface area contributed by atoms with Crippen molar-refractivity contribution in [3.8, 4) is 5.69 Å². The molecule has 166 valence electrons. The number of para-hydroxylation sites is 1. The molecule has 0 unspecified atom stereocenters. The zero-order valence-electron chi connectivity index (χ0n) is 17.4. The molecule has 7 nitrogen and oxygen atoms in total. The Bertz CT molecular complexity index is 1270. The smallest absolute Gasteiger partial charge is 0.287 e. The van der Waals surface area contributed by atoms with Crippen LogP contribution >= 0.6 is 0 Å². The number of carbonyl (C=O) groups excluding carboxylic acids is 2. The molecule has 0 saturated heterocycles. The van der Waals surface area contributed by atoms with E-state index in [9.17, 15) is 27.6 Å². The summed E-state index contributed by atoms with van der Waals surface area (Å²) in [6.45, 7) is 4.98. The van der Waals surface area contributed by atoms with Gasteiger partial charge in [0, 0.05) is 17.3 Å². The minimum absolute atomic E-state index is 0.0996. The Morgan fingerprint density at radius 1 is 0.938 bits per heavy atom. The highest BCUT2D eigenvalue weighted by atomic mass is 19.4. The standard InChI is InChI=1S/C22H19F3N4O3/c1-12-8-9-15(13(2)10-12)20(31)26-27-21(32)19-18(30)11-14(3)29(28-19)17-7-5-4-6-16(17)22(23,24)25/h4-11H,1-3H3,(H,26,31)(H,27,32). The number of rotatable bonds is 3. The first-order valence-electron chi connectivity index (χ1n) is 9.44. The molecule has 2 aromatic carbocycles. The summed E-state index contributed by atoms with van der Waals surface area (Å²) in [5.41, 5.74) is 3.51. The number of hydrazine groups is 1. The lowest BCUT2D eigenvalue weighted by atomic mass is 10.1. The van der Waals surface area contributed by atoms with Gasteiger partial charge in [-0.2, -0.15) is 18.3 Å². The van der Waals surface area contributed by atoms with E-state index in [2.05, 4.69) is 16.0 Å². The van der Waals surface area contributed by atoms with E-state index in [4.69, 9.17) is 0 Å². The number of alkyl halides is 3. The maximum atomic E-state index is 13.4. The van der Waals surface area contributed by atoms with Crippen LogP contribution in [0.4, 0.5) is 13.2 Å². The first-order chi connectivity index (χ1) is 15.0. The van der Waals surface area contributed by atoms with Crippen LogP contribution in [0.2, 0.25) is 0 Å². The Balaban J connectivity index is 1.90. The van der Waals surface area contributed by atoms with Gasteiger partial charge in [0.05, 0.1) is 11.3 Å². The molecule has 0 atom stereocenters. The number of hydrogen-bond donors (Lipinski definition) is 2. The third kappa shape index (κ3) is 4.69. The largest absolute Gasteiger partial charge is 0.418 e. The summed E-state index contributed by atoms with van der Waals surface area (Å²) < 4.78 is 41.1. The van der Waals surface area contributed by atoms with Gasteiger partial charge in [-0.05, 0) is 44.5 Å². The summed E-state index contributed by atoms with van der Waals surface area (Å²) in [5, 5.41) is 3.84. The third-order valence-corrected chi connectivity index (χ3v) is 4.68. The van der Waals surface area contributed by atoms with Crippen LogP contribution in [0.1, 0.15) is 43.2 Å². The molecule has 0 aliphatic heterocycles. The average molecular weight is 444 g/mol. The summed E-state index contributed by atoms with van der Waals surface area (Å²) in [4.78, 5) is 37.1. The molecular weight excluding hydrogens is 425 g/mol. The molecule has 2 N–H and O–H groups in total. The highest BCUT2D eigenvalue weighted by molar-refractivity contribution is 5.99.